The third-order valence-corrected chi connectivity index (χ3v) is 2.04. The molecule has 0 saturated carbocycles. The van der Waals surface area contributed by atoms with Crippen molar-refractivity contribution < 1.29 is 14.2 Å². The standard InChI is InChI=1S/C10H12FNO2/c1-6-9(11)7(5-13)4-8(12-2)10(6)14-3/h4,13H,2,5H2,1,3H3. The first kappa shape index (κ1) is 10.7. The zero-order valence-corrected chi connectivity index (χ0v) is 8.17. The number of ether oxygens (including phenoxy) is 1. The Morgan fingerprint density at radius 1 is 1.64 bits per heavy atom. The second-order valence-corrected chi connectivity index (χ2v) is 2.84. The van der Waals surface area contributed by atoms with Gasteiger partial charge in [0.15, 0.2) is 0 Å². The molecule has 0 aliphatic carbocycles. The number of aliphatic hydroxyl groups is 1. The van der Waals surface area contributed by atoms with E-state index in [1.54, 1.807) is 6.92 Å². The van der Waals surface area contributed by atoms with Gasteiger partial charge in [0.25, 0.3) is 0 Å². The van der Waals surface area contributed by atoms with E-state index in [-0.39, 0.29) is 12.2 Å². The van der Waals surface area contributed by atoms with E-state index in [9.17, 15) is 4.39 Å². The molecule has 1 aromatic rings. The molecule has 0 unspecified atom stereocenters. The SMILES string of the molecule is C=Nc1cc(CO)c(F)c(C)c1OC. The van der Waals surface area contributed by atoms with E-state index in [4.69, 9.17) is 9.84 Å². The van der Waals surface area contributed by atoms with Crippen molar-refractivity contribution in [2.75, 3.05) is 7.11 Å². The Morgan fingerprint density at radius 2 is 2.29 bits per heavy atom. The Morgan fingerprint density at radius 3 is 2.71 bits per heavy atom. The van der Waals surface area contributed by atoms with Crippen LogP contribution in [0, 0.1) is 12.7 Å². The maximum Gasteiger partial charge on any atom is 0.150 e. The average molecular weight is 197 g/mol. The monoisotopic (exact) mass is 197 g/mol. The summed E-state index contributed by atoms with van der Waals surface area (Å²) >= 11 is 0. The van der Waals surface area contributed by atoms with Gasteiger partial charge in [-0.2, -0.15) is 0 Å². The maximum absolute atomic E-state index is 13.5. The largest absolute Gasteiger partial charge is 0.494 e. The van der Waals surface area contributed by atoms with E-state index in [0.717, 1.165) is 0 Å². The van der Waals surface area contributed by atoms with Crippen LogP contribution in [0.1, 0.15) is 11.1 Å². The lowest BCUT2D eigenvalue weighted by Gasteiger charge is -2.11. The quantitative estimate of drug-likeness (QED) is 0.752. The number of rotatable bonds is 3. The molecular formula is C10H12FNO2. The molecule has 0 saturated heterocycles. The first-order valence-electron chi connectivity index (χ1n) is 4.09. The van der Waals surface area contributed by atoms with Gasteiger partial charge in [0.2, 0.25) is 0 Å². The number of benzene rings is 1. The highest BCUT2D eigenvalue weighted by Gasteiger charge is 2.14. The minimum atomic E-state index is -0.461. The first-order chi connectivity index (χ1) is 6.65. The maximum atomic E-state index is 13.5. The van der Waals surface area contributed by atoms with Crippen LogP contribution < -0.4 is 4.74 Å². The van der Waals surface area contributed by atoms with Gasteiger partial charge in [-0.05, 0) is 19.7 Å². The highest BCUT2D eigenvalue weighted by molar-refractivity contribution is 5.61. The molecule has 0 fully saturated rings. The van der Waals surface area contributed by atoms with Crippen molar-refractivity contribution in [1.82, 2.24) is 0 Å². The molecule has 14 heavy (non-hydrogen) atoms. The minimum Gasteiger partial charge on any atom is -0.494 e. The van der Waals surface area contributed by atoms with Crippen LogP contribution in [0.2, 0.25) is 0 Å². The normalized spacial score (nSPS) is 10.0. The summed E-state index contributed by atoms with van der Waals surface area (Å²) < 4.78 is 18.5. The number of hydrogen-bond donors (Lipinski definition) is 1. The Labute approximate surface area is 81.9 Å². The van der Waals surface area contributed by atoms with Crippen molar-refractivity contribution in [1.29, 1.82) is 0 Å². The fraction of sp³-hybridized carbons (Fsp3) is 0.300. The molecule has 1 rings (SSSR count). The second kappa shape index (κ2) is 4.19. The Bertz CT molecular complexity index is 364. The molecule has 0 amide bonds. The van der Waals surface area contributed by atoms with Crippen LogP contribution in [-0.4, -0.2) is 18.9 Å². The molecule has 0 spiro atoms. The fourth-order valence-corrected chi connectivity index (χ4v) is 1.32. The Balaban J connectivity index is 3.45. The third-order valence-electron chi connectivity index (χ3n) is 2.04. The predicted molar refractivity (Wildman–Crippen MR) is 52.8 cm³/mol. The number of methoxy groups -OCH3 is 1. The van der Waals surface area contributed by atoms with E-state index in [1.165, 1.54) is 13.2 Å². The molecule has 3 nitrogen and oxygen atoms in total. The third kappa shape index (κ3) is 1.61. The zero-order chi connectivity index (χ0) is 10.7. The molecule has 0 aromatic heterocycles. The summed E-state index contributed by atoms with van der Waals surface area (Å²) in [6.07, 6.45) is 0. The minimum absolute atomic E-state index is 0.200. The van der Waals surface area contributed by atoms with Gasteiger partial charge in [-0.25, -0.2) is 4.39 Å². The van der Waals surface area contributed by atoms with E-state index in [2.05, 4.69) is 11.7 Å². The lowest BCUT2D eigenvalue weighted by Crippen LogP contribution is -1.97. The summed E-state index contributed by atoms with van der Waals surface area (Å²) in [6.45, 7) is 4.56. The van der Waals surface area contributed by atoms with Crippen LogP contribution in [0.4, 0.5) is 10.1 Å². The zero-order valence-electron chi connectivity index (χ0n) is 8.17. The van der Waals surface area contributed by atoms with Gasteiger partial charge in [-0.3, -0.25) is 4.99 Å². The highest BCUT2D eigenvalue weighted by atomic mass is 19.1. The predicted octanol–water partition coefficient (Wildman–Crippen LogP) is 1.97. The van der Waals surface area contributed by atoms with Gasteiger partial charge < -0.3 is 9.84 Å². The van der Waals surface area contributed by atoms with E-state index in [0.29, 0.717) is 17.0 Å². The first-order valence-corrected chi connectivity index (χ1v) is 4.09. The van der Waals surface area contributed by atoms with Crippen LogP contribution >= 0.6 is 0 Å². The average Bonchev–Trinajstić information content (AvgIpc) is 2.21. The van der Waals surface area contributed by atoms with Crippen LogP contribution in [0.5, 0.6) is 5.75 Å². The lowest BCUT2D eigenvalue weighted by atomic mass is 10.1. The van der Waals surface area contributed by atoms with Gasteiger partial charge in [-0.15, -0.1) is 0 Å². The van der Waals surface area contributed by atoms with Crippen LogP contribution in [0.25, 0.3) is 0 Å². The molecule has 0 bridgehead atoms. The number of aliphatic imine (C=N–C) groups is 1. The van der Waals surface area contributed by atoms with E-state index in [1.807, 2.05) is 0 Å². The molecule has 1 aromatic carbocycles. The molecule has 0 aliphatic heterocycles. The number of hydrogen-bond acceptors (Lipinski definition) is 3. The fourth-order valence-electron chi connectivity index (χ4n) is 1.32. The van der Waals surface area contributed by atoms with Gasteiger partial charge in [-0.1, -0.05) is 0 Å². The summed E-state index contributed by atoms with van der Waals surface area (Å²) in [5.41, 5.74) is 0.975. The number of halogens is 1. The smallest absolute Gasteiger partial charge is 0.150 e. The van der Waals surface area contributed by atoms with Crippen LogP contribution in [0.3, 0.4) is 0 Å². The molecule has 0 radical (unpaired) electrons. The molecule has 0 atom stereocenters. The van der Waals surface area contributed by atoms with Gasteiger partial charge >= 0.3 is 0 Å². The summed E-state index contributed by atoms with van der Waals surface area (Å²) in [4.78, 5) is 3.70. The summed E-state index contributed by atoms with van der Waals surface area (Å²) in [7, 11) is 1.44. The summed E-state index contributed by atoms with van der Waals surface area (Å²) in [6, 6.07) is 1.42. The van der Waals surface area contributed by atoms with Gasteiger partial charge in [0.05, 0.1) is 13.7 Å². The topological polar surface area (TPSA) is 41.8 Å². The van der Waals surface area contributed by atoms with Crippen molar-refractivity contribution >= 4 is 12.4 Å². The van der Waals surface area contributed by atoms with Gasteiger partial charge in [0, 0.05) is 11.1 Å². The van der Waals surface area contributed by atoms with Crippen molar-refractivity contribution in [3.63, 3.8) is 0 Å². The molecule has 1 N–H and O–H groups in total. The Kier molecular flexibility index (Phi) is 3.19. The summed E-state index contributed by atoms with van der Waals surface area (Å²) in [5, 5.41) is 8.88. The van der Waals surface area contributed by atoms with Gasteiger partial charge in [0.1, 0.15) is 17.3 Å². The molecule has 4 heteroatoms. The summed E-state index contributed by atoms with van der Waals surface area (Å²) in [5.74, 6) is -0.105. The van der Waals surface area contributed by atoms with Crippen molar-refractivity contribution in [2.24, 2.45) is 4.99 Å². The highest BCUT2D eigenvalue weighted by Crippen LogP contribution is 2.34. The lowest BCUT2D eigenvalue weighted by molar-refractivity contribution is 0.275. The number of nitrogens with zero attached hydrogens (tertiary/aromatic N) is 1. The van der Waals surface area contributed by atoms with Crippen molar-refractivity contribution in [3.8, 4) is 5.75 Å². The van der Waals surface area contributed by atoms with Crippen LogP contribution in [-0.2, 0) is 6.61 Å². The van der Waals surface area contributed by atoms with Crippen LogP contribution in [0.15, 0.2) is 11.1 Å². The van der Waals surface area contributed by atoms with Crippen molar-refractivity contribution in [2.45, 2.75) is 13.5 Å². The molecular weight excluding hydrogens is 185 g/mol. The van der Waals surface area contributed by atoms with E-state index < -0.39 is 5.82 Å². The molecule has 0 heterocycles. The van der Waals surface area contributed by atoms with E-state index >= 15 is 0 Å². The molecule has 76 valence electrons. The molecule has 0 aliphatic rings. The van der Waals surface area contributed by atoms with Crippen molar-refractivity contribution in [3.05, 3.63) is 23.0 Å². The number of aliphatic hydroxyl groups excluding tert-OH is 1. The Hall–Kier alpha value is -1.42. The second-order valence-electron chi connectivity index (χ2n) is 2.84.